The Kier molecular flexibility index (Phi) is 4.48. The number of hydrogen-bond acceptors (Lipinski definition) is 2. The molecular formula is CH5BS2. The first-order valence-electron chi connectivity index (χ1n) is 1.01. The average molecular weight is 92.0 g/mol. The van der Waals surface area contributed by atoms with E-state index in [1.165, 1.54) is 0 Å². The lowest BCUT2D eigenvalue weighted by Crippen LogP contribution is -1.54. The molecule has 0 heterocycles. The quantitative estimate of drug-likeness (QED) is 0.364. The third-order valence-electron chi connectivity index (χ3n) is 0.129. The van der Waals surface area contributed by atoms with E-state index in [0.29, 0.717) is 0 Å². The highest BCUT2D eigenvalue weighted by atomic mass is 32.2. The van der Waals surface area contributed by atoms with Gasteiger partial charge in [0.25, 0.3) is 5.84 Å². The van der Waals surface area contributed by atoms with Crippen LogP contribution in [-0.4, -0.2) is 12.1 Å². The van der Waals surface area contributed by atoms with Crippen molar-refractivity contribution in [1.82, 2.24) is 0 Å². The van der Waals surface area contributed by atoms with Gasteiger partial charge < -0.3 is 0 Å². The first-order valence-corrected chi connectivity index (χ1v) is 3.04. The lowest BCUT2D eigenvalue weighted by atomic mass is 10.7. The summed E-state index contributed by atoms with van der Waals surface area (Å²) in [6, 6.07) is 0. The first-order chi connectivity index (χ1) is 1.91. The van der Waals surface area contributed by atoms with Gasteiger partial charge in [-0.25, -0.2) is 24.1 Å². The second kappa shape index (κ2) is 3.76. The van der Waals surface area contributed by atoms with E-state index in [4.69, 9.17) is 0 Å². The van der Waals surface area contributed by atoms with Crippen LogP contribution >= 0.6 is 24.1 Å². The van der Waals surface area contributed by atoms with E-state index in [1.807, 2.05) is 6.26 Å². The van der Waals surface area contributed by atoms with Crippen molar-refractivity contribution < 1.29 is 0 Å². The molecule has 24 valence electrons. The van der Waals surface area contributed by atoms with Crippen LogP contribution in [0, 0.1) is 0 Å². The highest BCUT2D eigenvalue weighted by Crippen LogP contribution is 1.85. The highest BCUT2D eigenvalue weighted by molar-refractivity contribution is 8.44. The first kappa shape index (κ1) is 4.76. The van der Waals surface area contributed by atoms with Crippen molar-refractivity contribution in [3.8, 4) is 0 Å². The van der Waals surface area contributed by atoms with Crippen molar-refractivity contribution in [1.29, 1.82) is 0 Å². The smallest absolute Gasteiger partial charge is 0.217 e. The molecule has 0 saturated carbocycles. The Morgan fingerprint density at radius 2 is 2.25 bits per heavy atom. The van der Waals surface area contributed by atoms with Gasteiger partial charge in [-0.05, 0) is 6.26 Å². The molecule has 0 aliphatic rings. The zero-order chi connectivity index (χ0) is 3.41. The van der Waals surface area contributed by atoms with Crippen LogP contribution in [0.15, 0.2) is 0 Å². The molecule has 0 aromatic rings. The van der Waals surface area contributed by atoms with Crippen molar-refractivity contribution in [2.75, 3.05) is 6.26 Å². The van der Waals surface area contributed by atoms with Crippen LogP contribution in [-0.2, 0) is 0 Å². The number of hydrogen-bond donors (Lipinski definition) is 1. The fraction of sp³-hybridized carbons (Fsp3) is 1.00. The Morgan fingerprint density at radius 1 is 2.00 bits per heavy atom. The molecule has 0 rings (SSSR count). The van der Waals surface area contributed by atoms with Crippen LogP contribution in [0.4, 0.5) is 0 Å². The molecule has 0 radical (unpaired) electrons. The second-order valence-corrected chi connectivity index (χ2v) is 2.03. The van der Waals surface area contributed by atoms with Gasteiger partial charge in [0.1, 0.15) is 0 Å². The standard InChI is InChI=1S/CH5BS2/c1-4-2-3/h2-3H,1H3. The summed E-state index contributed by atoms with van der Waals surface area (Å²) >= 11 is 5.60. The molecule has 0 amide bonds. The molecule has 0 aliphatic carbocycles. The number of rotatable bonds is 1. The Hall–Kier alpha value is 0.765. The van der Waals surface area contributed by atoms with Crippen LogP contribution in [0.2, 0.25) is 0 Å². The third-order valence-corrected chi connectivity index (χ3v) is 1.16. The molecule has 0 bridgehead atoms. The normalized spacial score (nSPS) is 6.50. The summed E-state index contributed by atoms with van der Waals surface area (Å²) in [5.74, 6) is 0.931. The van der Waals surface area contributed by atoms with Gasteiger partial charge in [-0.3, -0.25) is 0 Å². The third kappa shape index (κ3) is 2.76. The van der Waals surface area contributed by atoms with Crippen molar-refractivity contribution in [3.05, 3.63) is 0 Å². The van der Waals surface area contributed by atoms with Gasteiger partial charge >= 0.3 is 0 Å². The van der Waals surface area contributed by atoms with E-state index in [9.17, 15) is 0 Å². The van der Waals surface area contributed by atoms with Crippen molar-refractivity contribution in [3.63, 3.8) is 0 Å². The summed E-state index contributed by atoms with van der Waals surface area (Å²) in [6.07, 6.45) is 2.02. The zero-order valence-corrected chi connectivity index (χ0v) is 4.27. The Bertz CT molecular complexity index is 8.00. The predicted octanol–water partition coefficient (Wildman–Crippen LogP) is 0.546. The highest BCUT2D eigenvalue weighted by Gasteiger charge is 1.62. The SMILES string of the molecule is CSBS. The minimum Gasteiger partial charge on any atom is -0.217 e. The molecule has 0 N–H and O–H groups in total. The van der Waals surface area contributed by atoms with Crippen LogP contribution < -0.4 is 0 Å². The summed E-state index contributed by atoms with van der Waals surface area (Å²) in [5.41, 5.74) is 0. The largest absolute Gasteiger partial charge is 0.252 e. The lowest BCUT2D eigenvalue weighted by Gasteiger charge is -1.65. The van der Waals surface area contributed by atoms with E-state index in [0.717, 1.165) is 5.84 Å². The minimum absolute atomic E-state index is 0.931. The maximum absolute atomic E-state index is 3.88. The molecule has 0 unspecified atom stereocenters. The Morgan fingerprint density at radius 3 is 2.25 bits per heavy atom. The summed E-state index contributed by atoms with van der Waals surface area (Å²) in [6.45, 7) is 0. The van der Waals surface area contributed by atoms with Crippen molar-refractivity contribution >= 4 is 29.9 Å². The molecule has 0 atom stereocenters. The van der Waals surface area contributed by atoms with E-state index < -0.39 is 0 Å². The molecule has 3 heteroatoms. The topological polar surface area (TPSA) is 0 Å². The van der Waals surface area contributed by atoms with E-state index in [2.05, 4.69) is 12.5 Å². The van der Waals surface area contributed by atoms with Gasteiger partial charge in [0.2, 0.25) is 0 Å². The molecule has 0 saturated heterocycles. The van der Waals surface area contributed by atoms with Crippen LogP contribution in [0.25, 0.3) is 0 Å². The maximum Gasteiger partial charge on any atom is 0.252 e. The Labute approximate surface area is 36.8 Å². The molecule has 4 heavy (non-hydrogen) atoms. The van der Waals surface area contributed by atoms with E-state index in [-0.39, 0.29) is 0 Å². The fourth-order valence-electron chi connectivity index (χ4n) is 0. The van der Waals surface area contributed by atoms with Crippen molar-refractivity contribution in [2.24, 2.45) is 0 Å². The summed E-state index contributed by atoms with van der Waals surface area (Å²) in [4.78, 5) is 0. The maximum atomic E-state index is 3.88. The van der Waals surface area contributed by atoms with Gasteiger partial charge in [0.05, 0.1) is 0 Å². The van der Waals surface area contributed by atoms with Crippen LogP contribution in [0.1, 0.15) is 0 Å². The molecule has 0 aromatic heterocycles. The van der Waals surface area contributed by atoms with Gasteiger partial charge in [-0.2, -0.15) is 0 Å². The molecular weight excluding hydrogens is 87.0 g/mol. The van der Waals surface area contributed by atoms with Crippen LogP contribution in [0.3, 0.4) is 0 Å². The summed E-state index contributed by atoms with van der Waals surface area (Å²) in [5, 5.41) is 0. The van der Waals surface area contributed by atoms with E-state index in [1.54, 1.807) is 11.6 Å². The van der Waals surface area contributed by atoms with Gasteiger partial charge in [0.15, 0.2) is 0 Å². The molecule has 0 spiro atoms. The van der Waals surface area contributed by atoms with Crippen LogP contribution in [0.5, 0.6) is 0 Å². The molecule has 0 fully saturated rings. The monoisotopic (exact) mass is 92.0 g/mol. The van der Waals surface area contributed by atoms with Gasteiger partial charge in [-0.15, -0.1) is 0 Å². The molecule has 0 aromatic carbocycles. The summed E-state index contributed by atoms with van der Waals surface area (Å²) in [7, 11) is 0. The molecule has 0 aliphatic heterocycles. The van der Waals surface area contributed by atoms with E-state index >= 15 is 0 Å². The average Bonchev–Trinajstić information content (AvgIpc) is 1.37. The minimum atomic E-state index is 0.931. The summed E-state index contributed by atoms with van der Waals surface area (Å²) < 4.78 is 0. The van der Waals surface area contributed by atoms with Crippen molar-refractivity contribution in [2.45, 2.75) is 0 Å². The Balaban J connectivity index is 1.97. The van der Waals surface area contributed by atoms with Gasteiger partial charge in [-0.1, -0.05) is 0 Å². The molecule has 0 nitrogen and oxygen atoms in total. The predicted molar refractivity (Wildman–Crippen MR) is 29.6 cm³/mol. The fourth-order valence-corrected chi connectivity index (χ4v) is 0. The lowest BCUT2D eigenvalue weighted by molar-refractivity contribution is 2.54. The second-order valence-electron chi connectivity index (χ2n) is 0.418. The van der Waals surface area contributed by atoms with Gasteiger partial charge in [0, 0.05) is 0 Å². The number of thiol groups is 1. The zero-order valence-electron chi connectivity index (χ0n) is 2.56.